The molecule has 0 saturated heterocycles. The zero-order chi connectivity index (χ0) is 21.1. The Labute approximate surface area is 189 Å². The summed E-state index contributed by atoms with van der Waals surface area (Å²) < 4.78 is 11.4. The Morgan fingerprint density at radius 2 is 1.55 bits per heavy atom. The van der Waals surface area contributed by atoms with Gasteiger partial charge in [0.2, 0.25) is 0 Å². The number of ether oxygens (including phenoxy) is 2. The number of hydrogen-bond acceptors (Lipinski definition) is 3. The summed E-state index contributed by atoms with van der Waals surface area (Å²) in [7, 11) is 1.62. The molecule has 2 rings (SSSR count). The molecule has 0 aliphatic carbocycles. The van der Waals surface area contributed by atoms with Gasteiger partial charge in [0.25, 0.3) is 0 Å². The van der Waals surface area contributed by atoms with E-state index in [1.807, 2.05) is 18.2 Å². The molecule has 1 N–H and O–H groups in total. The Kier molecular flexibility index (Phi) is 11.0. The van der Waals surface area contributed by atoms with Crippen molar-refractivity contribution in [3.05, 3.63) is 56.5 Å². The summed E-state index contributed by atoms with van der Waals surface area (Å²) in [5.41, 5.74) is 1.97. The molecule has 3 nitrogen and oxygen atoms in total. The molecule has 2 aromatic carbocycles. The van der Waals surface area contributed by atoms with E-state index >= 15 is 0 Å². The molecule has 29 heavy (non-hydrogen) atoms. The molecule has 0 bridgehead atoms. The van der Waals surface area contributed by atoms with E-state index < -0.39 is 0 Å². The van der Waals surface area contributed by atoms with Gasteiger partial charge in [-0.2, -0.15) is 0 Å². The van der Waals surface area contributed by atoms with Crippen molar-refractivity contribution in [1.29, 1.82) is 0 Å². The highest BCUT2D eigenvalue weighted by molar-refractivity contribution is 6.42. The van der Waals surface area contributed by atoms with Crippen LogP contribution in [0.5, 0.6) is 11.5 Å². The average molecular weight is 459 g/mol. The summed E-state index contributed by atoms with van der Waals surface area (Å²) in [6.07, 6.45) is 7.75. The third-order valence-corrected chi connectivity index (χ3v) is 5.71. The molecule has 0 spiro atoms. The molecule has 0 heterocycles. The van der Waals surface area contributed by atoms with Crippen molar-refractivity contribution >= 4 is 34.8 Å². The van der Waals surface area contributed by atoms with Crippen LogP contribution in [0, 0.1) is 0 Å². The van der Waals surface area contributed by atoms with Gasteiger partial charge in [-0.1, -0.05) is 79.9 Å². The second kappa shape index (κ2) is 13.2. The maximum Gasteiger partial charge on any atom is 0.180 e. The lowest BCUT2D eigenvalue weighted by Gasteiger charge is -2.15. The van der Waals surface area contributed by atoms with Crippen LogP contribution in [-0.2, 0) is 13.2 Å². The molecule has 0 saturated carbocycles. The fourth-order valence-corrected chi connectivity index (χ4v) is 3.67. The van der Waals surface area contributed by atoms with Crippen LogP contribution >= 0.6 is 34.8 Å². The first-order chi connectivity index (χ1) is 14.0. The van der Waals surface area contributed by atoms with Gasteiger partial charge in [-0.25, -0.2) is 0 Å². The molecule has 0 aliphatic rings. The first-order valence-corrected chi connectivity index (χ1v) is 11.3. The van der Waals surface area contributed by atoms with E-state index in [1.54, 1.807) is 19.2 Å². The summed E-state index contributed by atoms with van der Waals surface area (Å²) in [6.45, 7) is 4.31. The Bertz CT molecular complexity index is 768. The molecular formula is C23H30Cl3NO2. The quantitative estimate of drug-likeness (QED) is 0.312. The van der Waals surface area contributed by atoms with Crippen molar-refractivity contribution in [3.8, 4) is 11.5 Å². The van der Waals surface area contributed by atoms with Crippen LogP contribution < -0.4 is 14.8 Å². The zero-order valence-corrected chi connectivity index (χ0v) is 19.5. The number of halogens is 3. The normalized spacial score (nSPS) is 10.9. The average Bonchev–Trinajstić information content (AvgIpc) is 2.71. The van der Waals surface area contributed by atoms with Gasteiger partial charge >= 0.3 is 0 Å². The largest absolute Gasteiger partial charge is 0.493 e. The van der Waals surface area contributed by atoms with Gasteiger partial charge in [0.15, 0.2) is 11.5 Å². The van der Waals surface area contributed by atoms with Crippen LogP contribution in [0.3, 0.4) is 0 Å². The van der Waals surface area contributed by atoms with E-state index in [9.17, 15) is 0 Å². The summed E-state index contributed by atoms with van der Waals surface area (Å²) in [4.78, 5) is 0. The molecule has 0 amide bonds. The van der Waals surface area contributed by atoms with Crippen LogP contribution in [0.1, 0.15) is 56.6 Å². The van der Waals surface area contributed by atoms with Crippen LogP contribution in [0.2, 0.25) is 15.1 Å². The van der Waals surface area contributed by atoms with Gasteiger partial charge in [-0.3, -0.25) is 0 Å². The van der Waals surface area contributed by atoms with Crippen molar-refractivity contribution in [3.63, 3.8) is 0 Å². The Balaban J connectivity index is 1.87. The van der Waals surface area contributed by atoms with E-state index in [-0.39, 0.29) is 0 Å². The number of hydrogen-bond donors (Lipinski definition) is 1. The maximum absolute atomic E-state index is 6.47. The third kappa shape index (κ3) is 8.25. The zero-order valence-electron chi connectivity index (χ0n) is 17.2. The second-order valence-corrected chi connectivity index (χ2v) is 8.31. The second-order valence-electron chi connectivity index (χ2n) is 7.09. The van der Waals surface area contributed by atoms with Gasteiger partial charge in [-0.15, -0.1) is 0 Å². The van der Waals surface area contributed by atoms with E-state index in [1.165, 1.54) is 38.5 Å². The lowest BCUT2D eigenvalue weighted by atomic mass is 10.1. The fraction of sp³-hybridized carbons (Fsp3) is 0.478. The SMILES string of the molecule is CCCCCCCCNCc1cc(Cl)c(OCc2ccc(Cl)c(Cl)c2)c(OC)c1. The Morgan fingerprint density at radius 3 is 2.28 bits per heavy atom. The molecule has 6 heteroatoms. The highest BCUT2D eigenvalue weighted by atomic mass is 35.5. The number of benzene rings is 2. The molecule has 0 aromatic heterocycles. The summed E-state index contributed by atoms with van der Waals surface area (Å²) in [5, 5.41) is 5.02. The monoisotopic (exact) mass is 457 g/mol. The van der Waals surface area contributed by atoms with Crippen molar-refractivity contribution in [2.24, 2.45) is 0 Å². The number of methoxy groups -OCH3 is 1. The van der Waals surface area contributed by atoms with Gasteiger partial charge in [-0.05, 0) is 48.4 Å². The van der Waals surface area contributed by atoms with Crippen molar-refractivity contribution in [1.82, 2.24) is 5.32 Å². The Hall–Kier alpha value is -1.13. The van der Waals surface area contributed by atoms with Gasteiger partial charge in [0, 0.05) is 6.54 Å². The number of nitrogens with one attached hydrogen (secondary N) is 1. The van der Waals surface area contributed by atoms with Crippen molar-refractivity contribution in [2.45, 2.75) is 58.6 Å². The predicted octanol–water partition coefficient (Wildman–Crippen LogP) is 7.68. The van der Waals surface area contributed by atoms with E-state index in [0.717, 1.165) is 24.2 Å². The first kappa shape index (κ1) is 24.1. The standard InChI is InChI=1S/C23H30Cl3NO2/c1-3-4-5-6-7-8-11-27-15-18-13-21(26)23(22(14-18)28-2)29-16-17-9-10-19(24)20(25)12-17/h9-10,12-14,27H,3-8,11,15-16H2,1-2H3. The summed E-state index contributed by atoms with van der Waals surface area (Å²) in [6, 6.07) is 9.28. The van der Waals surface area contributed by atoms with Crippen LogP contribution in [0.25, 0.3) is 0 Å². The van der Waals surface area contributed by atoms with Crippen molar-refractivity contribution in [2.75, 3.05) is 13.7 Å². The smallest absolute Gasteiger partial charge is 0.180 e. The van der Waals surface area contributed by atoms with Crippen LogP contribution in [-0.4, -0.2) is 13.7 Å². The topological polar surface area (TPSA) is 30.5 Å². The third-order valence-electron chi connectivity index (χ3n) is 4.69. The molecule has 0 unspecified atom stereocenters. The highest BCUT2D eigenvalue weighted by Crippen LogP contribution is 2.37. The van der Waals surface area contributed by atoms with Crippen LogP contribution in [0.15, 0.2) is 30.3 Å². The van der Waals surface area contributed by atoms with Crippen LogP contribution in [0.4, 0.5) is 0 Å². The molecule has 0 fully saturated rings. The van der Waals surface area contributed by atoms with E-state index in [0.29, 0.717) is 33.2 Å². The summed E-state index contributed by atoms with van der Waals surface area (Å²) in [5.74, 6) is 1.15. The van der Waals surface area contributed by atoms with E-state index in [2.05, 4.69) is 12.2 Å². The molecule has 0 aliphatic heterocycles. The number of unbranched alkanes of at least 4 members (excludes halogenated alkanes) is 5. The molecule has 0 radical (unpaired) electrons. The minimum Gasteiger partial charge on any atom is -0.493 e. The minimum absolute atomic E-state index is 0.322. The maximum atomic E-state index is 6.47. The molecule has 0 atom stereocenters. The fourth-order valence-electron chi connectivity index (χ4n) is 3.06. The van der Waals surface area contributed by atoms with E-state index in [4.69, 9.17) is 44.3 Å². The van der Waals surface area contributed by atoms with Gasteiger partial charge < -0.3 is 14.8 Å². The lowest BCUT2D eigenvalue weighted by Crippen LogP contribution is -2.14. The molecule has 2 aromatic rings. The Morgan fingerprint density at radius 1 is 0.828 bits per heavy atom. The van der Waals surface area contributed by atoms with Gasteiger partial charge in [0.05, 0.1) is 22.2 Å². The summed E-state index contributed by atoms with van der Waals surface area (Å²) >= 11 is 18.5. The highest BCUT2D eigenvalue weighted by Gasteiger charge is 2.13. The van der Waals surface area contributed by atoms with Gasteiger partial charge in [0.1, 0.15) is 6.61 Å². The first-order valence-electron chi connectivity index (χ1n) is 10.2. The number of rotatable bonds is 13. The predicted molar refractivity (Wildman–Crippen MR) is 124 cm³/mol. The minimum atomic E-state index is 0.322. The molecule has 160 valence electrons. The van der Waals surface area contributed by atoms with Crippen molar-refractivity contribution < 1.29 is 9.47 Å². The lowest BCUT2D eigenvalue weighted by molar-refractivity contribution is 0.284. The molecular weight excluding hydrogens is 429 g/mol.